The van der Waals surface area contributed by atoms with Crippen molar-refractivity contribution in [1.29, 1.82) is 0 Å². The molecule has 2 aromatic carbocycles. The summed E-state index contributed by atoms with van der Waals surface area (Å²) in [4.78, 5) is 22.9. The van der Waals surface area contributed by atoms with Crippen molar-refractivity contribution in [2.75, 3.05) is 11.5 Å². The summed E-state index contributed by atoms with van der Waals surface area (Å²) in [6.07, 6.45) is -7.24. The summed E-state index contributed by atoms with van der Waals surface area (Å²) >= 11 is 1.06. The van der Waals surface area contributed by atoms with E-state index in [1.807, 2.05) is 0 Å². The number of pyridine rings is 1. The molecule has 0 saturated heterocycles. The Hall–Kier alpha value is -3.67. The van der Waals surface area contributed by atoms with Crippen LogP contribution in [0, 0.1) is 0 Å². The van der Waals surface area contributed by atoms with Crippen molar-refractivity contribution in [1.82, 2.24) is 9.97 Å². The number of amides is 1. The quantitative estimate of drug-likeness (QED) is 0.255. The molecule has 0 aliphatic rings. The summed E-state index contributed by atoms with van der Waals surface area (Å²) in [7, 11) is 0. The van der Waals surface area contributed by atoms with Crippen LogP contribution < -0.4 is 9.64 Å². The molecule has 0 N–H and O–H groups in total. The molecule has 2 heterocycles. The molecule has 4 rings (SSSR count). The van der Waals surface area contributed by atoms with Crippen LogP contribution in [0.5, 0.6) is 5.75 Å². The van der Waals surface area contributed by atoms with E-state index in [0.29, 0.717) is 40.3 Å². The first-order chi connectivity index (χ1) is 17.0. The third-order valence-electron chi connectivity index (χ3n) is 5.03. The van der Waals surface area contributed by atoms with Crippen LogP contribution in [0.25, 0.3) is 10.2 Å². The number of thiazole rings is 1. The topological polar surface area (TPSA) is 55.3 Å². The largest absolute Gasteiger partial charge is 0.494 e. The van der Waals surface area contributed by atoms with Crippen molar-refractivity contribution in [2.45, 2.75) is 25.8 Å². The summed E-state index contributed by atoms with van der Waals surface area (Å²) in [5.74, 6) is -0.516. The lowest BCUT2D eigenvalue weighted by Gasteiger charge is -2.21. The molecule has 5 nitrogen and oxygen atoms in total. The summed E-state index contributed by atoms with van der Waals surface area (Å²) in [5.41, 5.74) is -2.93. The zero-order valence-electron chi connectivity index (χ0n) is 18.5. The molecule has 0 spiro atoms. The van der Waals surface area contributed by atoms with E-state index in [1.54, 1.807) is 37.3 Å². The molecule has 0 aliphatic carbocycles. The van der Waals surface area contributed by atoms with Crippen molar-refractivity contribution in [3.8, 4) is 5.75 Å². The fourth-order valence-corrected chi connectivity index (χ4v) is 4.39. The minimum Gasteiger partial charge on any atom is -0.494 e. The third-order valence-corrected chi connectivity index (χ3v) is 6.07. The minimum absolute atomic E-state index is 0.0187. The van der Waals surface area contributed by atoms with Gasteiger partial charge in [-0.1, -0.05) is 17.4 Å². The Morgan fingerprint density at radius 2 is 1.69 bits per heavy atom. The van der Waals surface area contributed by atoms with Crippen LogP contribution in [-0.2, 0) is 18.9 Å². The van der Waals surface area contributed by atoms with E-state index in [9.17, 15) is 31.1 Å². The van der Waals surface area contributed by atoms with Crippen LogP contribution in [0.1, 0.15) is 34.0 Å². The Labute approximate surface area is 205 Å². The van der Waals surface area contributed by atoms with Crippen LogP contribution in [0.2, 0.25) is 0 Å². The van der Waals surface area contributed by atoms with Gasteiger partial charge in [0.25, 0.3) is 5.91 Å². The molecular weight excluding hydrogens is 508 g/mol. The highest BCUT2D eigenvalue weighted by atomic mass is 32.1. The van der Waals surface area contributed by atoms with Gasteiger partial charge in [-0.25, -0.2) is 4.98 Å². The van der Waals surface area contributed by atoms with Gasteiger partial charge >= 0.3 is 12.4 Å². The highest BCUT2D eigenvalue weighted by Crippen LogP contribution is 2.38. The van der Waals surface area contributed by atoms with Gasteiger partial charge in [0.05, 0.1) is 34.5 Å². The van der Waals surface area contributed by atoms with Gasteiger partial charge in [-0.3, -0.25) is 14.7 Å². The van der Waals surface area contributed by atoms with Crippen molar-refractivity contribution < 1.29 is 35.9 Å². The van der Waals surface area contributed by atoms with E-state index in [2.05, 4.69) is 9.97 Å². The summed E-state index contributed by atoms with van der Waals surface area (Å²) in [6.45, 7) is 2.04. The van der Waals surface area contributed by atoms with Gasteiger partial charge in [-0.05, 0) is 55.0 Å². The molecule has 36 heavy (non-hydrogen) atoms. The van der Waals surface area contributed by atoms with Crippen LogP contribution in [0.4, 0.5) is 31.5 Å². The van der Waals surface area contributed by atoms with Crippen molar-refractivity contribution in [3.63, 3.8) is 0 Å². The SMILES string of the molecule is CCOc1ccc2nc(N(Cc3cccnc3)C(=O)c3cc(C(F)(F)F)cc(C(F)(F)F)c3)sc2c1. The normalized spacial score (nSPS) is 12.1. The number of carbonyl (C=O) groups is 1. The molecule has 0 fully saturated rings. The second kappa shape index (κ2) is 9.76. The maximum absolute atomic E-state index is 13.5. The van der Waals surface area contributed by atoms with E-state index in [-0.39, 0.29) is 17.7 Å². The lowest BCUT2D eigenvalue weighted by molar-refractivity contribution is -0.143. The minimum atomic E-state index is -5.09. The standard InChI is InChI=1S/C24H17F6N3O2S/c1-2-35-18-5-6-19-20(11-18)36-22(32-19)33(13-14-4-3-7-31-12-14)21(34)15-8-16(23(25,26)27)10-17(9-15)24(28,29)30/h3-12H,2,13H2,1H3. The predicted molar refractivity (Wildman–Crippen MR) is 122 cm³/mol. The lowest BCUT2D eigenvalue weighted by Crippen LogP contribution is -2.31. The van der Waals surface area contributed by atoms with E-state index in [4.69, 9.17) is 4.74 Å². The van der Waals surface area contributed by atoms with Gasteiger partial charge in [0, 0.05) is 18.0 Å². The summed E-state index contributed by atoms with van der Waals surface area (Å²) in [6, 6.07) is 9.04. The molecular formula is C24H17F6N3O2S. The first-order valence-corrected chi connectivity index (χ1v) is 11.3. The molecule has 2 aromatic heterocycles. The van der Waals surface area contributed by atoms with Crippen molar-refractivity contribution in [2.24, 2.45) is 0 Å². The van der Waals surface area contributed by atoms with Crippen molar-refractivity contribution in [3.05, 3.63) is 83.2 Å². The van der Waals surface area contributed by atoms with Crippen LogP contribution in [0.3, 0.4) is 0 Å². The van der Waals surface area contributed by atoms with Gasteiger partial charge in [-0.15, -0.1) is 0 Å². The first kappa shape index (κ1) is 25.4. The van der Waals surface area contributed by atoms with E-state index in [1.165, 1.54) is 12.4 Å². The molecule has 1 amide bonds. The second-order valence-electron chi connectivity index (χ2n) is 7.61. The fraction of sp³-hybridized carbons (Fsp3) is 0.208. The summed E-state index contributed by atoms with van der Waals surface area (Å²) in [5, 5.41) is 0.0958. The Morgan fingerprint density at radius 1 is 1.00 bits per heavy atom. The van der Waals surface area contributed by atoms with Gasteiger partial charge in [0.2, 0.25) is 0 Å². The van der Waals surface area contributed by atoms with Crippen LogP contribution in [-0.4, -0.2) is 22.5 Å². The van der Waals surface area contributed by atoms with Gasteiger partial charge < -0.3 is 4.74 Å². The number of aromatic nitrogens is 2. The number of ether oxygens (including phenoxy) is 1. The van der Waals surface area contributed by atoms with E-state index >= 15 is 0 Å². The zero-order chi connectivity index (χ0) is 26.1. The maximum Gasteiger partial charge on any atom is 0.416 e. The number of rotatable bonds is 6. The number of halogens is 6. The van der Waals surface area contributed by atoms with Gasteiger partial charge in [0.15, 0.2) is 5.13 Å². The highest BCUT2D eigenvalue weighted by Gasteiger charge is 2.38. The van der Waals surface area contributed by atoms with Crippen LogP contribution in [0.15, 0.2) is 60.9 Å². The number of benzene rings is 2. The molecule has 0 saturated carbocycles. The maximum atomic E-state index is 13.5. The molecule has 4 aromatic rings. The molecule has 0 atom stereocenters. The number of carbonyl (C=O) groups excluding carboxylic acids is 1. The van der Waals surface area contributed by atoms with E-state index < -0.39 is 35.0 Å². The Morgan fingerprint density at radius 3 is 2.28 bits per heavy atom. The Bertz CT molecular complexity index is 1350. The Balaban J connectivity index is 1.83. The molecule has 0 aliphatic heterocycles. The summed E-state index contributed by atoms with van der Waals surface area (Å²) < 4.78 is 86.4. The first-order valence-electron chi connectivity index (χ1n) is 10.5. The molecule has 188 valence electrons. The van der Waals surface area contributed by atoms with Crippen LogP contribution >= 0.6 is 11.3 Å². The second-order valence-corrected chi connectivity index (χ2v) is 8.62. The number of fused-ring (bicyclic) bond motifs is 1. The monoisotopic (exact) mass is 525 g/mol. The number of anilines is 1. The zero-order valence-corrected chi connectivity index (χ0v) is 19.3. The fourth-order valence-electron chi connectivity index (χ4n) is 3.40. The molecule has 0 radical (unpaired) electrons. The number of nitrogens with zero attached hydrogens (tertiary/aromatic N) is 3. The smallest absolute Gasteiger partial charge is 0.416 e. The van der Waals surface area contributed by atoms with Gasteiger partial charge in [0.1, 0.15) is 5.75 Å². The molecule has 12 heteroatoms. The highest BCUT2D eigenvalue weighted by molar-refractivity contribution is 7.22. The number of hydrogen-bond acceptors (Lipinski definition) is 5. The van der Waals surface area contributed by atoms with E-state index in [0.717, 1.165) is 16.2 Å². The number of alkyl halides is 6. The Kier molecular flexibility index (Phi) is 6.90. The van der Waals surface area contributed by atoms with Crippen molar-refractivity contribution >= 4 is 32.6 Å². The average Bonchev–Trinajstić information content (AvgIpc) is 3.25. The molecule has 0 unspecified atom stereocenters. The lowest BCUT2D eigenvalue weighted by atomic mass is 10.0. The third kappa shape index (κ3) is 5.59. The predicted octanol–water partition coefficient (Wildman–Crippen LogP) is 6.97. The number of hydrogen-bond donors (Lipinski definition) is 0. The van der Waals surface area contributed by atoms with Gasteiger partial charge in [-0.2, -0.15) is 26.3 Å². The molecule has 0 bridgehead atoms. The average molecular weight is 525 g/mol.